The normalized spacial score (nSPS) is 10.7. The zero-order valence-electron chi connectivity index (χ0n) is 12.7. The maximum absolute atomic E-state index is 11.8. The van der Waals surface area contributed by atoms with E-state index >= 15 is 0 Å². The molecule has 0 aliphatic heterocycles. The SMILES string of the molecule is Cc1noc(C)c1CSCC(=O)NCCc1cccc(Cl)c1. The Bertz CT molecular complexity index is 623. The molecule has 0 aliphatic carbocycles. The molecule has 118 valence electrons. The first-order valence-corrected chi connectivity index (χ1v) is 8.60. The molecule has 0 saturated carbocycles. The highest BCUT2D eigenvalue weighted by Gasteiger charge is 2.09. The summed E-state index contributed by atoms with van der Waals surface area (Å²) < 4.78 is 5.10. The molecular formula is C16H19ClN2O2S. The molecule has 2 aromatic rings. The van der Waals surface area contributed by atoms with Gasteiger partial charge in [-0.1, -0.05) is 28.9 Å². The summed E-state index contributed by atoms with van der Waals surface area (Å²) in [5.74, 6) is 2.04. The van der Waals surface area contributed by atoms with Crippen molar-refractivity contribution in [2.24, 2.45) is 0 Å². The Balaban J connectivity index is 1.66. The molecule has 1 aromatic carbocycles. The molecule has 1 heterocycles. The van der Waals surface area contributed by atoms with Crippen LogP contribution in [0.3, 0.4) is 0 Å². The van der Waals surface area contributed by atoms with Crippen LogP contribution in [0.15, 0.2) is 28.8 Å². The van der Waals surface area contributed by atoms with Crippen LogP contribution in [-0.2, 0) is 17.0 Å². The van der Waals surface area contributed by atoms with E-state index in [-0.39, 0.29) is 5.91 Å². The number of halogens is 1. The molecule has 0 atom stereocenters. The number of amides is 1. The molecular weight excluding hydrogens is 320 g/mol. The average molecular weight is 339 g/mol. The highest BCUT2D eigenvalue weighted by molar-refractivity contribution is 7.99. The number of nitrogens with zero attached hydrogens (tertiary/aromatic N) is 1. The largest absolute Gasteiger partial charge is 0.361 e. The Morgan fingerprint density at radius 3 is 2.91 bits per heavy atom. The van der Waals surface area contributed by atoms with Crippen molar-refractivity contribution < 1.29 is 9.32 Å². The summed E-state index contributed by atoms with van der Waals surface area (Å²) >= 11 is 7.49. The first-order valence-electron chi connectivity index (χ1n) is 7.07. The van der Waals surface area contributed by atoms with E-state index in [0.717, 1.165) is 39.8 Å². The second-order valence-corrected chi connectivity index (χ2v) is 6.45. The van der Waals surface area contributed by atoms with Gasteiger partial charge in [0.25, 0.3) is 0 Å². The predicted molar refractivity (Wildman–Crippen MR) is 90.3 cm³/mol. The molecule has 0 bridgehead atoms. The Kier molecular flexibility index (Phi) is 6.34. The minimum Gasteiger partial charge on any atom is -0.361 e. The third-order valence-electron chi connectivity index (χ3n) is 3.29. The van der Waals surface area contributed by atoms with Crippen molar-refractivity contribution in [1.82, 2.24) is 10.5 Å². The topological polar surface area (TPSA) is 55.1 Å². The second-order valence-electron chi connectivity index (χ2n) is 5.03. The Hall–Kier alpha value is -1.46. The quantitative estimate of drug-likeness (QED) is 0.839. The van der Waals surface area contributed by atoms with Gasteiger partial charge in [0.15, 0.2) is 0 Å². The van der Waals surface area contributed by atoms with Crippen LogP contribution in [0.1, 0.15) is 22.6 Å². The monoisotopic (exact) mass is 338 g/mol. The van der Waals surface area contributed by atoms with Crippen molar-refractivity contribution in [3.63, 3.8) is 0 Å². The summed E-state index contributed by atoms with van der Waals surface area (Å²) in [5.41, 5.74) is 3.10. The molecule has 0 radical (unpaired) electrons. The van der Waals surface area contributed by atoms with Gasteiger partial charge < -0.3 is 9.84 Å². The molecule has 0 unspecified atom stereocenters. The Labute approximate surface area is 139 Å². The molecule has 6 heteroatoms. The van der Waals surface area contributed by atoms with Crippen molar-refractivity contribution in [2.45, 2.75) is 26.0 Å². The van der Waals surface area contributed by atoms with Crippen molar-refractivity contribution in [2.75, 3.05) is 12.3 Å². The van der Waals surface area contributed by atoms with E-state index in [0.29, 0.717) is 12.3 Å². The van der Waals surface area contributed by atoms with Crippen LogP contribution in [0.4, 0.5) is 0 Å². The van der Waals surface area contributed by atoms with Crippen molar-refractivity contribution in [1.29, 1.82) is 0 Å². The lowest BCUT2D eigenvalue weighted by Gasteiger charge is -2.06. The molecule has 1 N–H and O–H groups in total. The van der Waals surface area contributed by atoms with Crippen LogP contribution >= 0.6 is 23.4 Å². The number of hydrogen-bond acceptors (Lipinski definition) is 4. The van der Waals surface area contributed by atoms with Gasteiger partial charge in [0, 0.05) is 22.9 Å². The van der Waals surface area contributed by atoms with Crippen molar-refractivity contribution in [3.05, 3.63) is 51.9 Å². The van der Waals surface area contributed by atoms with Crippen LogP contribution in [0.25, 0.3) is 0 Å². The van der Waals surface area contributed by atoms with Crippen molar-refractivity contribution >= 4 is 29.3 Å². The minimum absolute atomic E-state index is 0.0405. The summed E-state index contributed by atoms with van der Waals surface area (Å²) in [6.45, 7) is 4.42. The van der Waals surface area contributed by atoms with Gasteiger partial charge in [-0.3, -0.25) is 4.79 Å². The van der Waals surface area contributed by atoms with Crippen molar-refractivity contribution in [3.8, 4) is 0 Å². The number of aromatic nitrogens is 1. The number of carbonyl (C=O) groups excluding carboxylic acids is 1. The molecule has 1 aromatic heterocycles. The summed E-state index contributed by atoms with van der Waals surface area (Å²) in [4.78, 5) is 11.8. The number of nitrogens with one attached hydrogen (secondary N) is 1. The van der Waals surface area contributed by atoms with Gasteiger partial charge in [-0.15, -0.1) is 11.8 Å². The lowest BCUT2D eigenvalue weighted by Crippen LogP contribution is -2.27. The minimum atomic E-state index is 0.0405. The van der Waals surface area contributed by atoms with Crippen LogP contribution in [0.2, 0.25) is 5.02 Å². The number of aryl methyl sites for hydroxylation is 2. The summed E-state index contributed by atoms with van der Waals surface area (Å²) in [7, 11) is 0. The Morgan fingerprint density at radius 2 is 2.23 bits per heavy atom. The smallest absolute Gasteiger partial charge is 0.230 e. The number of thioether (sulfide) groups is 1. The third kappa shape index (κ3) is 5.07. The van der Waals surface area contributed by atoms with Gasteiger partial charge in [-0.2, -0.15) is 0 Å². The number of rotatable bonds is 7. The molecule has 4 nitrogen and oxygen atoms in total. The van der Waals surface area contributed by atoms with E-state index in [1.54, 1.807) is 11.8 Å². The molecule has 0 saturated heterocycles. The fourth-order valence-corrected chi connectivity index (χ4v) is 3.26. The highest BCUT2D eigenvalue weighted by Crippen LogP contribution is 2.19. The van der Waals surface area contributed by atoms with E-state index in [9.17, 15) is 4.79 Å². The van der Waals surface area contributed by atoms with Gasteiger partial charge in [-0.25, -0.2) is 0 Å². The standard InChI is InChI=1S/C16H19ClN2O2S/c1-11-15(12(2)21-19-11)9-22-10-16(20)18-7-6-13-4-3-5-14(17)8-13/h3-5,8H,6-7,9-10H2,1-2H3,(H,18,20). The number of benzene rings is 1. The maximum atomic E-state index is 11.8. The van der Waals surface area contributed by atoms with E-state index in [1.807, 2.05) is 38.1 Å². The van der Waals surface area contributed by atoms with Crippen LogP contribution < -0.4 is 5.32 Å². The van der Waals surface area contributed by atoms with Gasteiger partial charge in [0.1, 0.15) is 5.76 Å². The average Bonchev–Trinajstić information content (AvgIpc) is 2.79. The predicted octanol–water partition coefficient (Wildman–Crippen LogP) is 3.54. The van der Waals surface area contributed by atoms with E-state index in [2.05, 4.69) is 10.5 Å². The molecule has 1 amide bonds. The summed E-state index contributed by atoms with van der Waals surface area (Å²) in [6, 6.07) is 7.68. The molecule has 22 heavy (non-hydrogen) atoms. The van der Waals surface area contributed by atoms with E-state index in [4.69, 9.17) is 16.1 Å². The van der Waals surface area contributed by atoms with Gasteiger partial charge in [0.05, 0.1) is 11.4 Å². The Morgan fingerprint density at radius 1 is 1.41 bits per heavy atom. The fraction of sp³-hybridized carbons (Fsp3) is 0.375. The molecule has 0 spiro atoms. The molecule has 0 fully saturated rings. The van der Waals surface area contributed by atoms with Gasteiger partial charge in [-0.05, 0) is 38.0 Å². The first kappa shape index (κ1) is 16.9. The van der Waals surface area contributed by atoms with E-state index in [1.165, 1.54) is 0 Å². The third-order valence-corrected chi connectivity index (χ3v) is 4.48. The lowest BCUT2D eigenvalue weighted by atomic mass is 10.1. The zero-order chi connectivity index (χ0) is 15.9. The zero-order valence-corrected chi connectivity index (χ0v) is 14.3. The fourth-order valence-electron chi connectivity index (χ4n) is 2.04. The summed E-state index contributed by atoms with van der Waals surface area (Å²) in [6.07, 6.45) is 0.779. The number of hydrogen-bond donors (Lipinski definition) is 1. The van der Waals surface area contributed by atoms with Crippen LogP contribution in [0.5, 0.6) is 0 Å². The summed E-state index contributed by atoms with van der Waals surface area (Å²) in [5, 5.41) is 7.54. The number of carbonyl (C=O) groups is 1. The van der Waals surface area contributed by atoms with Crippen LogP contribution in [-0.4, -0.2) is 23.4 Å². The van der Waals surface area contributed by atoms with Crippen LogP contribution in [0, 0.1) is 13.8 Å². The van der Waals surface area contributed by atoms with E-state index < -0.39 is 0 Å². The second kappa shape index (κ2) is 8.25. The van der Waals surface area contributed by atoms with Gasteiger partial charge in [0.2, 0.25) is 5.91 Å². The molecule has 0 aliphatic rings. The highest BCUT2D eigenvalue weighted by atomic mass is 35.5. The molecule has 2 rings (SSSR count). The van der Waals surface area contributed by atoms with Gasteiger partial charge >= 0.3 is 0 Å². The lowest BCUT2D eigenvalue weighted by molar-refractivity contribution is -0.118. The maximum Gasteiger partial charge on any atom is 0.230 e. The first-order chi connectivity index (χ1) is 10.6.